The van der Waals surface area contributed by atoms with Gasteiger partial charge in [0.05, 0.1) is 12.2 Å². The molecule has 2 aromatic rings. The maximum Gasteiger partial charge on any atom is 0.241 e. The molecule has 196 valence electrons. The number of nitrogens with zero attached hydrogens (tertiary/aromatic N) is 4. The van der Waals surface area contributed by atoms with Crippen LogP contribution in [0.1, 0.15) is 45.0 Å². The molecule has 7 nitrogen and oxygen atoms in total. The summed E-state index contributed by atoms with van der Waals surface area (Å²) in [5.74, 6) is -1.37. The summed E-state index contributed by atoms with van der Waals surface area (Å²) in [5, 5.41) is 3.33. The minimum atomic E-state index is -0.625. The Morgan fingerprint density at radius 2 is 1.94 bits per heavy atom. The number of pyridine rings is 1. The van der Waals surface area contributed by atoms with E-state index in [1.54, 1.807) is 30.1 Å². The predicted molar refractivity (Wildman–Crippen MR) is 137 cm³/mol. The molecule has 1 saturated heterocycles. The van der Waals surface area contributed by atoms with Crippen LogP contribution in [0.5, 0.6) is 0 Å². The molecule has 2 aliphatic heterocycles. The number of piperazine rings is 1. The Balaban J connectivity index is 0.00000361. The average molecular weight is 502 g/mol. The first-order chi connectivity index (χ1) is 16.5. The Labute approximate surface area is 212 Å². The number of rotatable bonds is 5. The van der Waals surface area contributed by atoms with Crippen molar-refractivity contribution in [2.45, 2.75) is 52.1 Å². The largest absolute Gasteiger partial charge is 0.347 e. The SMILES string of the molecule is C.C[C@@H]1CN(CC(=O)N2CC(C)(C)c3cnc(Cc4ccc(F)cc4F)cc32)[C@@H](C(=O)N(C)C)CN1. The van der Waals surface area contributed by atoms with Gasteiger partial charge in [-0.15, -0.1) is 0 Å². The van der Waals surface area contributed by atoms with Crippen molar-refractivity contribution in [3.63, 3.8) is 0 Å². The minimum Gasteiger partial charge on any atom is -0.347 e. The molecule has 0 radical (unpaired) electrons. The van der Waals surface area contributed by atoms with E-state index >= 15 is 0 Å². The Morgan fingerprint density at radius 1 is 1.22 bits per heavy atom. The van der Waals surface area contributed by atoms with Gasteiger partial charge >= 0.3 is 0 Å². The first-order valence-corrected chi connectivity index (χ1v) is 11.9. The first-order valence-electron chi connectivity index (χ1n) is 11.9. The van der Waals surface area contributed by atoms with E-state index in [0.29, 0.717) is 30.9 Å². The highest BCUT2D eigenvalue weighted by atomic mass is 19.1. The summed E-state index contributed by atoms with van der Waals surface area (Å²) in [6, 6.07) is 5.09. The van der Waals surface area contributed by atoms with Crippen LogP contribution in [-0.4, -0.2) is 79.0 Å². The Bertz CT molecular complexity index is 1140. The van der Waals surface area contributed by atoms with Crippen LogP contribution in [0.3, 0.4) is 0 Å². The smallest absolute Gasteiger partial charge is 0.241 e. The van der Waals surface area contributed by atoms with Crippen molar-refractivity contribution in [2.75, 3.05) is 45.2 Å². The molecule has 0 spiro atoms. The van der Waals surface area contributed by atoms with Gasteiger partial charge in [0, 0.05) is 75.1 Å². The van der Waals surface area contributed by atoms with Crippen LogP contribution in [0.4, 0.5) is 14.5 Å². The standard InChI is InChI=1S/C26H33F2N5O2.CH4/c1-16-13-32(23(12-29-16)25(35)31(4)5)14-24(34)33-15-26(2,3)20-11-30-19(10-22(20)33)8-17-6-7-18(27)9-21(17)28;/h6-7,9-11,16,23,29H,8,12-15H2,1-5H3;1H4/t16-,23-;/m1./s1. The van der Waals surface area contributed by atoms with E-state index in [-0.39, 0.29) is 43.7 Å². The second-order valence-electron chi connectivity index (χ2n) is 10.5. The number of hydrogen-bond acceptors (Lipinski definition) is 5. The van der Waals surface area contributed by atoms with Gasteiger partial charge in [-0.05, 0) is 24.6 Å². The number of carbonyl (C=O) groups is 2. The summed E-state index contributed by atoms with van der Waals surface area (Å²) in [6.45, 7) is 7.85. The van der Waals surface area contributed by atoms with E-state index in [4.69, 9.17) is 0 Å². The van der Waals surface area contributed by atoms with E-state index in [1.165, 1.54) is 12.1 Å². The van der Waals surface area contributed by atoms with Gasteiger partial charge in [0.25, 0.3) is 0 Å². The van der Waals surface area contributed by atoms with Gasteiger partial charge in [-0.3, -0.25) is 19.5 Å². The van der Waals surface area contributed by atoms with E-state index in [2.05, 4.69) is 24.1 Å². The van der Waals surface area contributed by atoms with Crippen LogP contribution in [-0.2, 0) is 21.4 Å². The summed E-state index contributed by atoms with van der Waals surface area (Å²) >= 11 is 0. The number of aromatic nitrogens is 1. The van der Waals surface area contributed by atoms with Gasteiger partial charge in [-0.2, -0.15) is 0 Å². The molecule has 2 amide bonds. The molecule has 3 heterocycles. The average Bonchev–Trinajstić information content (AvgIpc) is 3.05. The number of halogens is 2. The molecule has 2 aliphatic rings. The van der Waals surface area contributed by atoms with E-state index in [0.717, 1.165) is 17.3 Å². The number of carbonyl (C=O) groups excluding carboxylic acids is 2. The Kier molecular flexibility index (Phi) is 8.15. The number of nitrogens with one attached hydrogen (secondary N) is 1. The number of benzene rings is 1. The minimum absolute atomic E-state index is 0. The third kappa shape index (κ3) is 5.57. The quantitative estimate of drug-likeness (QED) is 0.683. The topological polar surface area (TPSA) is 68.8 Å². The lowest BCUT2D eigenvalue weighted by Crippen LogP contribution is -2.62. The zero-order valence-corrected chi connectivity index (χ0v) is 20.9. The zero-order valence-electron chi connectivity index (χ0n) is 20.9. The number of likely N-dealkylation sites (N-methyl/N-ethyl adjacent to an activating group) is 1. The first kappa shape index (κ1) is 27.7. The molecular formula is C27H37F2N5O2. The number of amides is 2. The van der Waals surface area contributed by atoms with Gasteiger partial charge in [-0.1, -0.05) is 27.3 Å². The van der Waals surface area contributed by atoms with E-state index in [9.17, 15) is 18.4 Å². The number of fused-ring (bicyclic) bond motifs is 1. The van der Waals surface area contributed by atoms with Crippen molar-refractivity contribution >= 4 is 17.5 Å². The van der Waals surface area contributed by atoms with Gasteiger partial charge in [0.15, 0.2) is 0 Å². The molecule has 4 rings (SSSR count). The van der Waals surface area contributed by atoms with Crippen LogP contribution in [0.2, 0.25) is 0 Å². The van der Waals surface area contributed by atoms with Gasteiger partial charge in [0.2, 0.25) is 11.8 Å². The summed E-state index contributed by atoms with van der Waals surface area (Å²) in [6.07, 6.45) is 1.95. The van der Waals surface area contributed by atoms with Crippen molar-refractivity contribution in [3.05, 3.63) is 58.9 Å². The lowest BCUT2D eigenvalue weighted by atomic mass is 9.88. The third-order valence-electron chi connectivity index (χ3n) is 6.87. The highest BCUT2D eigenvalue weighted by Crippen LogP contribution is 2.40. The maximum absolute atomic E-state index is 14.2. The number of hydrogen-bond donors (Lipinski definition) is 1. The van der Waals surface area contributed by atoms with Crippen LogP contribution >= 0.6 is 0 Å². The predicted octanol–water partition coefficient (Wildman–Crippen LogP) is 2.96. The molecule has 1 N–H and O–H groups in total. The van der Waals surface area contributed by atoms with Crippen molar-refractivity contribution in [1.82, 2.24) is 20.1 Å². The molecule has 0 aliphatic carbocycles. The summed E-state index contributed by atoms with van der Waals surface area (Å²) < 4.78 is 27.5. The normalized spacial score (nSPS) is 21.0. The summed E-state index contributed by atoms with van der Waals surface area (Å²) in [5.41, 5.74) is 2.35. The van der Waals surface area contributed by atoms with Crippen molar-refractivity contribution in [2.24, 2.45) is 0 Å². The molecule has 1 aromatic carbocycles. The van der Waals surface area contributed by atoms with E-state index < -0.39 is 17.7 Å². The molecule has 1 aromatic heterocycles. The fourth-order valence-electron chi connectivity index (χ4n) is 4.94. The highest BCUT2D eigenvalue weighted by Gasteiger charge is 2.40. The Morgan fingerprint density at radius 3 is 2.61 bits per heavy atom. The fraction of sp³-hybridized carbons (Fsp3) is 0.519. The van der Waals surface area contributed by atoms with Gasteiger partial charge in [-0.25, -0.2) is 8.78 Å². The summed E-state index contributed by atoms with van der Waals surface area (Å²) in [7, 11) is 3.44. The van der Waals surface area contributed by atoms with Crippen molar-refractivity contribution < 1.29 is 18.4 Å². The summed E-state index contributed by atoms with van der Waals surface area (Å²) in [4.78, 5) is 36.1. The van der Waals surface area contributed by atoms with Gasteiger partial charge in [0.1, 0.15) is 17.7 Å². The molecule has 36 heavy (non-hydrogen) atoms. The molecule has 0 saturated carbocycles. The van der Waals surface area contributed by atoms with Crippen LogP contribution in [0.15, 0.2) is 30.5 Å². The fourth-order valence-corrected chi connectivity index (χ4v) is 4.94. The van der Waals surface area contributed by atoms with Crippen molar-refractivity contribution in [1.29, 1.82) is 0 Å². The van der Waals surface area contributed by atoms with Crippen LogP contribution in [0, 0.1) is 11.6 Å². The molecule has 2 atom stereocenters. The van der Waals surface area contributed by atoms with Crippen molar-refractivity contribution in [3.8, 4) is 0 Å². The monoisotopic (exact) mass is 501 g/mol. The zero-order chi connectivity index (χ0) is 25.5. The molecule has 9 heteroatoms. The molecule has 0 unspecified atom stereocenters. The molecule has 1 fully saturated rings. The highest BCUT2D eigenvalue weighted by molar-refractivity contribution is 5.98. The lowest BCUT2D eigenvalue weighted by molar-refractivity contribution is -0.136. The third-order valence-corrected chi connectivity index (χ3v) is 6.87. The number of anilines is 1. The Hall–Kier alpha value is -2.91. The molecule has 0 bridgehead atoms. The lowest BCUT2D eigenvalue weighted by Gasteiger charge is -2.39. The van der Waals surface area contributed by atoms with Gasteiger partial charge < -0.3 is 15.1 Å². The second kappa shape index (κ2) is 10.6. The van der Waals surface area contributed by atoms with E-state index in [1.807, 2.05) is 17.9 Å². The second-order valence-corrected chi connectivity index (χ2v) is 10.5. The molecular weight excluding hydrogens is 464 g/mol. The van der Waals surface area contributed by atoms with Crippen LogP contribution < -0.4 is 10.2 Å². The maximum atomic E-state index is 14.2. The van der Waals surface area contributed by atoms with Crippen LogP contribution in [0.25, 0.3) is 0 Å².